The van der Waals surface area contributed by atoms with Gasteiger partial charge in [0, 0.05) is 30.5 Å². The third-order valence-corrected chi connectivity index (χ3v) is 6.71. The molecule has 5 rings (SSSR count). The highest BCUT2D eigenvalue weighted by atomic mass is 19.1. The van der Waals surface area contributed by atoms with Crippen LogP contribution < -0.4 is 0 Å². The standard InChI is InChI=1S/C25H24F2N4O2/c26-21-5-6-23-20(12-21)15-30(29-23)14-16-1-3-18(4-2-16)25(32)31-24(7-8-33-31)19-9-17(13-28)10-22(27)11-19/h5-6,9-12,15-16,18,24H,1-4,7-8,14H2/t16?,18?,24-/m0/s1. The van der Waals surface area contributed by atoms with Crippen LogP contribution in [0, 0.1) is 34.8 Å². The van der Waals surface area contributed by atoms with Gasteiger partial charge in [-0.3, -0.25) is 14.3 Å². The summed E-state index contributed by atoms with van der Waals surface area (Å²) in [6, 6.07) is 10.3. The number of carbonyl (C=O) groups excluding carboxylic acids is 1. The molecule has 2 heterocycles. The molecule has 0 spiro atoms. The Labute approximate surface area is 190 Å². The SMILES string of the molecule is N#Cc1cc(F)cc([C@@H]2CCON2C(=O)C2CCC(Cn3cc4cc(F)ccc4n3)CC2)c1. The predicted molar refractivity (Wildman–Crippen MR) is 116 cm³/mol. The molecule has 33 heavy (non-hydrogen) atoms. The van der Waals surface area contributed by atoms with Crippen molar-refractivity contribution in [2.75, 3.05) is 6.61 Å². The first kappa shape index (κ1) is 21.5. The van der Waals surface area contributed by atoms with Crippen molar-refractivity contribution in [1.29, 1.82) is 5.26 Å². The molecule has 2 aromatic carbocycles. The summed E-state index contributed by atoms with van der Waals surface area (Å²) in [5.41, 5.74) is 1.60. The molecule has 1 saturated carbocycles. The third-order valence-electron chi connectivity index (χ3n) is 6.71. The Morgan fingerprint density at radius 3 is 2.70 bits per heavy atom. The number of nitriles is 1. The van der Waals surface area contributed by atoms with Gasteiger partial charge in [-0.1, -0.05) is 0 Å². The van der Waals surface area contributed by atoms with E-state index in [2.05, 4.69) is 5.10 Å². The van der Waals surface area contributed by atoms with Crippen LogP contribution in [0.25, 0.3) is 10.9 Å². The maximum Gasteiger partial charge on any atom is 0.249 e. The first-order chi connectivity index (χ1) is 16.0. The number of nitrogens with zero attached hydrogens (tertiary/aromatic N) is 4. The maximum atomic E-state index is 13.9. The van der Waals surface area contributed by atoms with Crippen LogP contribution in [-0.2, 0) is 16.2 Å². The van der Waals surface area contributed by atoms with Crippen molar-refractivity contribution in [2.45, 2.75) is 44.7 Å². The molecule has 8 heteroatoms. The normalized spacial score (nSPS) is 23.1. The van der Waals surface area contributed by atoms with Gasteiger partial charge in [0.2, 0.25) is 5.91 Å². The fourth-order valence-electron chi connectivity index (χ4n) is 5.04. The minimum Gasteiger partial charge on any atom is -0.272 e. The number of amides is 1. The highest BCUT2D eigenvalue weighted by Crippen LogP contribution is 2.37. The Kier molecular flexibility index (Phi) is 5.81. The second kappa shape index (κ2) is 8.91. The van der Waals surface area contributed by atoms with E-state index in [9.17, 15) is 13.6 Å². The van der Waals surface area contributed by atoms with Gasteiger partial charge in [0.25, 0.3) is 0 Å². The van der Waals surface area contributed by atoms with E-state index in [1.54, 1.807) is 12.1 Å². The number of hydrogen-bond donors (Lipinski definition) is 0. The molecule has 0 unspecified atom stereocenters. The fourth-order valence-corrected chi connectivity index (χ4v) is 5.04. The largest absolute Gasteiger partial charge is 0.272 e. The Hall–Kier alpha value is -3.31. The number of rotatable bonds is 4. The molecule has 6 nitrogen and oxygen atoms in total. The molecule has 1 saturated heterocycles. The topological polar surface area (TPSA) is 71.2 Å². The minimum absolute atomic E-state index is 0.0704. The minimum atomic E-state index is -0.488. The van der Waals surface area contributed by atoms with Gasteiger partial charge in [-0.2, -0.15) is 10.4 Å². The van der Waals surface area contributed by atoms with Crippen LogP contribution in [-0.4, -0.2) is 27.4 Å². The first-order valence-electron chi connectivity index (χ1n) is 11.3. The van der Waals surface area contributed by atoms with Crippen molar-refractivity contribution < 1.29 is 18.4 Å². The molecule has 170 valence electrons. The molecule has 1 aliphatic heterocycles. The third kappa shape index (κ3) is 4.46. The molecule has 1 aliphatic carbocycles. The summed E-state index contributed by atoms with van der Waals surface area (Å²) in [7, 11) is 0. The summed E-state index contributed by atoms with van der Waals surface area (Å²) >= 11 is 0. The average molecular weight is 450 g/mol. The Morgan fingerprint density at radius 2 is 1.91 bits per heavy atom. The second-order valence-corrected chi connectivity index (χ2v) is 8.96. The van der Waals surface area contributed by atoms with Gasteiger partial charge in [-0.15, -0.1) is 0 Å². The molecule has 1 atom stereocenters. The van der Waals surface area contributed by atoms with E-state index < -0.39 is 5.82 Å². The van der Waals surface area contributed by atoms with E-state index in [1.807, 2.05) is 16.9 Å². The van der Waals surface area contributed by atoms with Crippen LogP contribution in [0.3, 0.4) is 0 Å². The van der Waals surface area contributed by atoms with Crippen molar-refractivity contribution in [3.8, 4) is 6.07 Å². The Bertz CT molecular complexity index is 1230. The van der Waals surface area contributed by atoms with Crippen molar-refractivity contribution in [1.82, 2.24) is 14.8 Å². The summed E-state index contributed by atoms with van der Waals surface area (Å²) in [5, 5.41) is 15.9. The van der Waals surface area contributed by atoms with Crippen molar-refractivity contribution >= 4 is 16.8 Å². The molecule has 3 aromatic rings. The highest BCUT2D eigenvalue weighted by Gasteiger charge is 2.37. The van der Waals surface area contributed by atoms with Gasteiger partial charge in [0.15, 0.2) is 0 Å². The van der Waals surface area contributed by atoms with Crippen LogP contribution in [0.4, 0.5) is 8.78 Å². The van der Waals surface area contributed by atoms with Gasteiger partial charge < -0.3 is 0 Å². The first-order valence-corrected chi connectivity index (χ1v) is 11.3. The van der Waals surface area contributed by atoms with Gasteiger partial charge in [0.1, 0.15) is 11.6 Å². The number of halogens is 2. The zero-order valence-corrected chi connectivity index (χ0v) is 18.1. The molecule has 0 bridgehead atoms. The quantitative estimate of drug-likeness (QED) is 0.567. The second-order valence-electron chi connectivity index (χ2n) is 8.96. The van der Waals surface area contributed by atoms with Crippen LogP contribution in [0.2, 0.25) is 0 Å². The van der Waals surface area contributed by atoms with Crippen molar-refractivity contribution in [3.63, 3.8) is 0 Å². The van der Waals surface area contributed by atoms with Crippen LogP contribution in [0.15, 0.2) is 42.6 Å². The molecule has 0 N–H and O–H groups in total. The highest BCUT2D eigenvalue weighted by molar-refractivity contribution is 5.79. The number of benzene rings is 2. The molecule has 2 aliphatic rings. The molecule has 0 radical (unpaired) electrons. The molecule has 2 fully saturated rings. The summed E-state index contributed by atoms with van der Waals surface area (Å²) in [6.07, 6.45) is 5.71. The number of carbonyl (C=O) groups is 1. The lowest BCUT2D eigenvalue weighted by molar-refractivity contribution is -0.183. The zero-order chi connectivity index (χ0) is 22.9. The Balaban J connectivity index is 1.22. The predicted octanol–water partition coefficient (Wildman–Crippen LogP) is 4.90. The van der Waals surface area contributed by atoms with Crippen LogP contribution >= 0.6 is 0 Å². The maximum absolute atomic E-state index is 13.9. The van der Waals surface area contributed by atoms with E-state index >= 15 is 0 Å². The lowest BCUT2D eigenvalue weighted by Gasteiger charge is -2.32. The van der Waals surface area contributed by atoms with Crippen molar-refractivity contribution in [2.24, 2.45) is 11.8 Å². The molecular weight excluding hydrogens is 426 g/mol. The lowest BCUT2D eigenvalue weighted by Crippen LogP contribution is -2.37. The average Bonchev–Trinajstić information content (AvgIpc) is 3.45. The van der Waals surface area contributed by atoms with Crippen molar-refractivity contribution in [3.05, 3.63) is 65.4 Å². The van der Waals surface area contributed by atoms with Crippen LogP contribution in [0.1, 0.15) is 49.3 Å². The van der Waals surface area contributed by atoms with E-state index in [4.69, 9.17) is 10.1 Å². The smallest absolute Gasteiger partial charge is 0.249 e. The summed E-state index contributed by atoms with van der Waals surface area (Å²) in [5.74, 6) is -0.580. The van der Waals surface area contributed by atoms with Gasteiger partial charge >= 0.3 is 0 Å². The number of hydrogen-bond acceptors (Lipinski definition) is 4. The fraction of sp³-hybridized carbons (Fsp3) is 0.400. The zero-order valence-electron chi connectivity index (χ0n) is 18.1. The molecule has 1 amide bonds. The monoisotopic (exact) mass is 450 g/mol. The summed E-state index contributed by atoms with van der Waals surface area (Å²) in [6.45, 7) is 1.12. The van der Waals surface area contributed by atoms with E-state index in [-0.39, 0.29) is 29.2 Å². The van der Waals surface area contributed by atoms with Gasteiger partial charge in [-0.05, 0) is 73.6 Å². The lowest BCUT2D eigenvalue weighted by atomic mass is 9.81. The number of aromatic nitrogens is 2. The van der Waals surface area contributed by atoms with E-state index in [1.165, 1.54) is 29.3 Å². The van der Waals surface area contributed by atoms with Gasteiger partial charge in [0.05, 0.1) is 29.8 Å². The summed E-state index contributed by atoms with van der Waals surface area (Å²) in [4.78, 5) is 18.9. The van der Waals surface area contributed by atoms with Gasteiger partial charge in [-0.25, -0.2) is 13.8 Å². The molecule has 1 aromatic heterocycles. The number of hydroxylamine groups is 2. The summed E-state index contributed by atoms with van der Waals surface area (Å²) < 4.78 is 29.2. The van der Waals surface area contributed by atoms with E-state index in [0.29, 0.717) is 24.5 Å². The number of fused-ring (bicyclic) bond motifs is 1. The Morgan fingerprint density at radius 1 is 1.09 bits per heavy atom. The van der Waals surface area contributed by atoms with Crippen LogP contribution in [0.5, 0.6) is 0 Å². The molecular formula is C25H24F2N4O2. The van der Waals surface area contributed by atoms with E-state index in [0.717, 1.165) is 43.1 Å².